The minimum atomic E-state index is 0.0967. The molecule has 2 fully saturated rings. The Hall–Kier alpha value is -0.590. The van der Waals surface area contributed by atoms with E-state index in [-0.39, 0.29) is 6.04 Å². The van der Waals surface area contributed by atoms with Crippen molar-refractivity contribution >= 4 is 0 Å². The summed E-state index contributed by atoms with van der Waals surface area (Å²) >= 11 is 0. The number of nitriles is 1. The molecule has 3 heteroatoms. The van der Waals surface area contributed by atoms with Crippen LogP contribution in [0.2, 0.25) is 0 Å². The summed E-state index contributed by atoms with van der Waals surface area (Å²) in [5.74, 6) is 0.759. The van der Waals surface area contributed by atoms with E-state index in [1.165, 1.54) is 32.2 Å². The first-order valence-corrected chi connectivity index (χ1v) is 6.17. The van der Waals surface area contributed by atoms with Crippen LogP contribution in [0.1, 0.15) is 32.6 Å². The zero-order chi connectivity index (χ0) is 10.7. The van der Waals surface area contributed by atoms with Crippen LogP contribution in [0.3, 0.4) is 0 Å². The minimum absolute atomic E-state index is 0.0967. The summed E-state index contributed by atoms with van der Waals surface area (Å²) in [7, 11) is 0. The standard InChI is InChI=1S/C12H21N3/c1-10(7-13)15(12-4-5-12)9-11-3-2-6-14-8-11/h10-12,14H,2-6,8-9H2,1H3. The second-order valence-corrected chi connectivity index (χ2v) is 4.95. The summed E-state index contributed by atoms with van der Waals surface area (Å²) in [5, 5.41) is 12.5. The molecule has 1 N–H and O–H groups in total. The van der Waals surface area contributed by atoms with Crippen LogP contribution in [0.4, 0.5) is 0 Å². The highest BCUT2D eigenvalue weighted by Crippen LogP contribution is 2.30. The van der Waals surface area contributed by atoms with Crippen molar-refractivity contribution in [2.75, 3.05) is 19.6 Å². The van der Waals surface area contributed by atoms with E-state index < -0.39 is 0 Å². The molecule has 2 aliphatic rings. The molecule has 0 radical (unpaired) electrons. The summed E-state index contributed by atoms with van der Waals surface area (Å²) in [4.78, 5) is 2.41. The zero-order valence-corrected chi connectivity index (χ0v) is 9.58. The van der Waals surface area contributed by atoms with E-state index >= 15 is 0 Å². The number of hydrogen-bond acceptors (Lipinski definition) is 3. The van der Waals surface area contributed by atoms with Crippen LogP contribution in [-0.2, 0) is 0 Å². The Morgan fingerprint density at radius 2 is 2.27 bits per heavy atom. The average Bonchev–Trinajstić information content (AvgIpc) is 3.10. The van der Waals surface area contributed by atoms with Gasteiger partial charge in [0.05, 0.1) is 12.1 Å². The van der Waals surface area contributed by atoms with Gasteiger partial charge >= 0.3 is 0 Å². The van der Waals surface area contributed by atoms with Gasteiger partial charge in [-0.15, -0.1) is 0 Å². The molecule has 0 spiro atoms. The smallest absolute Gasteiger partial charge is 0.0951 e. The van der Waals surface area contributed by atoms with Crippen molar-refractivity contribution in [1.29, 1.82) is 5.26 Å². The molecule has 84 valence electrons. The van der Waals surface area contributed by atoms with Crippen LogP contribution in [0.15, 0.2) is 0 Å². The van der Waals surface area contributed by atoms with Gasteiger partial charge in [-0.25, -0.2) is 0 Å². The highest BCUT2D eigenvalue weighted by molar-refractivity contribution is 4.97. The number of piperidine rings is 1. The van der Waals surface area contributed by atoms with Gasteiger partial charge in [0.15, 0.2) is 0 Å². The van der Waals surface area contributed by atoms with Crippen molar-refractivity contribution < 1.29 is 0 Å². The molecule has 3 nitrogen and oxygen atoms in total. The predicted molar refractivity (Wildman–Crippen MR) is 60.4 cm³/mol. The first-order valence-electron chi connectivity index (χ1n) is 6.17. The molecule has 1 aliphatic heterocycles. The largest absolute Gasteiger partial charge is 0.316 e. The van der Waals surface area contributed by atoms with Crippen molar-refractivity contribution in [3.05, 3.63) is 0 Å². The lowest BCUT2D eigenvalue weighted by Crippen LogP contribution is -2.42. The molecule has 1 aliphatic carbocycles. The van der Waals surface area contributed by atoms with Crippen molar-refractivity contribution in [1.82, 2.24) is 10.2 Å². The van der Waals surface area contributed by atoms with Gasteiger partial charge in [-0.1, -0.05) is 0 Å². The number of nitrogens with zero attached hydrogens (tertiary/aromatic N) is 2. The quantitative estimate of drug-likeness (QED) is 0.756. The Morgan fingerprint density at radius 3 is 2.80 bits per heavy atom. The molecule has 0 amide bonds. The SMILES string of the molecule is CC(C#N)N(CC1CCCNC1)C1CC1. The van der Waals surface area contributed by atoms with Gasteiger partial charge in [0.2, 0.25) is 0 Å². The highest BCUT2D eigenvalue weighted by atomic mass is 15.2. The molecule has 15 heavy (non-hydrogen) atoms. The highest BCUT2D eigenvalue weighted by Gasteiger charge is 2.33. The molecule has 0 aromatic carbocycles. The molecule has 0 aromatic heterocycles. The van der Waals surface area contributed by atoms with Gasteiger partial charge in [0, 0.05) is 12.6 Å². The summed E-state index contributed by atoms with van der Waals surface area (Å²) in [6, 6.07) is 3.19. The Labute approximate surface area is 92.4 Å². The van der Waals surface area contributed by atoms with Crippen LogP contribution in [0, 0.1) is 17.2 Å². The maximum absolute atomic E-state index is 9.00. The molecule has 2 unspecified atom stereocenters. The monoisotopic (exact) mass is 207 g/mol. The van der Waals surface area contributed by atoms with Crippen LogP contribution in [0.25, 0.3) is 0 Å². The Balaban J connectivity index is 1.85. The third kappa shape index (κ3) is 2.93. The third-order valence-corrected chi connectivity index (χ3v) is 3.57. The minimum Gasteiger partial charge on any atom is -0.316 e. The summed E-state index contributed by atoms with van der Waals surface area (Å²) in [6.07, 6.45) is 5.22. The van der Waals surface area contributed by atoms with Gasteiger partial charge in [-0.05, 0) is 51.6 Å². The lowest BCUT2D eigenvalue weighted by Gasteiger charge is -2.31. The molecule has 1 heterocycles. The molecular weight excluding hydrogens is 186 g/mol. The van der Waals surface area contributed by atoms with E-state index in [0.717, 1.165) is 19.0 Å². The molecule has 2 atom stereocenters. The van der Waals surface area contributed by atoms with Crippen LogP contribution in [0.5, 0.6) is 0 Å². The summed E-state index contributed by atoms with van der Waals surface area (Å²) in [5.41, 5.74) is 0. The van der Waals surface area contributed by atoms with E-state index in [9.17, 15) is 0 Å². The first-order chi connectivity index (χ1) is 7.31. The van der Waals surface area contributed by atoms with Crippen LogP contribution in [-0.4, -0.2) is 36.6 Å². The maximum atomic E-state index is 9.00. The van der Waals surface area contributed by atoms with E-state index in [4.69, 9.17) is 5.26 Å². The van der Waals surface area contributed by atoms with E-state index in [1.807, 2.05) is 6.92 Å². The Kier molecular flexibility index (Phi) is 3.61. The lowest BCUT2D eigenvalue weighted by molar-refractivity contribution is 0.180. The van der Waals surface area contributed by atoms with Gasteiger partial charge in [-0.3, -0.25) is 4.90 Å². The van der Waals surface area contributed by atoms with Crippen LogP contribution < -0.4 is 5.32 Å². The van der Waals surface area contributed by atoms with Gasteiger partial charge in [0.25, 0.3) is 0 Å². The van der Waals surface area contributed by atoms with E-state index in [2.05, 4.69) is 16.3 Å². The molecule has 0 bridgehead atoms. The Bertz CT molecular complexity index is 236. The van der Waals surface area contributed by atoms with E-state index in [1.54, 1.807) is 0 Å². The fourth-order valence-corrected chi connectivity index (χ4v) is 2.48. The lowest BCUT2D eigenvalue weighted by atomic mass is 9.98. The van der Waals surface area contributed by atoms with Crippen LogP contribution >= 0.6 is 0 Å². The topological polar surface area (TPSA) is 39.1 Å². The molecule has 0 aromatic rings. The van der Waals surface area contributed by atoms with Gasteiger partial charge in [0.1, 0.15) is 0 Å². The molecular formula is C12H21N3. The maximum Gasteiger partial charge on any atom is 0.0951 e. The van der Waals surface area contributed by atoms with E-state index in [0.29, 0.717) is 6.04 Å². The third-order valence-electron chi connectivity index (χ3n) is 3.57. The number of nitrogens with one attached hydrogen (secondary N) is 1. The zero-order valence-electron chi connectivity index (χ0n) is 9.58. The summed E-state index contributed by atoms with van der Waals surface area (Å²) in [6.45, 7) is 5.47. The molecule has 2 rings (SSSR count). The van der Waals surface area contributed by atoms with Crippen molar-refractivity contribution in [2.24, 2.45) is 5.92 Å². The number of rotatable bonds is 4. The molecule has 1 saturated carbocycles. The fraction of sp³-hybridized carbons (Fsp3) is 0.917. The molecule has 1 saturated heterocycles. The Morgan fingerprint density at radius 1 is 1.47 bits per heavy atom. The van der Waals surface area contributed by atoms with Crippen molar-refractivity contribution in [3.8, 4) is 6.07 Å². The normalized spacial score (nSPS) is 28.7. The second kappa shape index (κ2) is 4.96. The van der Waals surface area contributed by atoms with Crippen molar-refractivity contribution in [2.45, 2.75) is 44.7 Å². The predicted octanol–water partition coefficient (Wildman–Crippen LogP) is 1.36. The average molecular weight is 207 g/mol. The number of hydrogen-bond donors (Lipinski definition) is 1. The second-order valence-electron chi connectivity index (χ2n) is 4.95. The van der Waals surface area contributed by atoms with Crippen molar-refractivity contribution in [3.63, 3.8) is 0 Å². The summed E-state index contributed by atoms with van der Waals surface area (Å²) < 4.78 is 0. The first kappa shape index (κ1) is 10.9. The van der Waals surface area contributed by atoms with Gasteiger partial charge < -0.3 is 5.32 Å². The fourth-order valence-electron chi connectivity index (χ4n) is 2.48. The van der Waals surface area contributed by atoms with Gasteiger partial charge in [-0.2, -0.15) is 5.26 Å².